The molecule has 0 amide bonds. The summed E-state index contributed by atoms with van der Waals surface area (Å²) in [5.41, 5.74) is 0. The normalized spacial score (nSPS) is 10.6. The smallest absolute Gasteiger partial charge is 0.120 e. The van der Waals surface area contributed by atoms with Gasteiger partial charge in [0.05, 0.1) is 0 Å². The topological polar surface area (TPSA) is 17.1 Å². The van der Waals surface area contributed by atoms with Gasteiger partial charge in [-0.3, -0.25) is 0 Å². The van der Waals surface area contributed by atoms with E-state index in [2.05, 4.69) is 30.3 Å². The summed E-state index contributed by atoms with van der Waals surface area (Å²) >= 11 is 1.83. The predicted molar refractivity (Wildman–Crippen MR) is 60.8 cm³/mol. The number of unbranched alkanes of at least 4 members (excludes halogenated alkanes) is 1. The van der Waals surface area contributed by atoms with Crippen LogP contribution in [0.1, 0.15) is 17.7 Å². The van der Waals surface area contributed by atoms with Crippen LogP contribution in [0.15, 0.2) is 30.3 Å². The van der Waals surface area contributed by atoms with Crippen molar-refractivity contribution < 1.29 is 4.79 Å². The Morgan fingerprint density at radius 3 is 2.93 bits per heavy atom. The van der Waals surface area contributed by atoms with Crippen LogP contribution in [0.5, 0.6) is 0 Å². The number of carbonyl (C=O) groups is 1. The van der Waals surface area contributed by atoms with Crippen molar-refractivity contribution in [1.29, 1.82) is 0 Å². The highest BCUT2D eigenvalue weighted by Crippen LogP contribution is 2.26. The van der Waals surface area contributed by atoms with Crippen molar-refractivity contribution in [1.82, 2.24) is 0 Å². The molecular formula is C12H12OS. The maximum atomic E-state index is 10.2. The van der Waals surface area contributed by atoms with E-state index < -0.39 is 0 Å². The van der Waals surface area contributed by atoms with Gasteiger partial charge in [-0.25, -0.2) is 0 Å². The molecule has 0 saturated carbocycles. The van der Waals surface area contributed by atoms with E-state index in [1.807, 2.05) is 11.3 Å². The molecule has 0 spiro atoms. The van der Waals surface area contributed by atoms with Crippen LogP contribution in [0.3, 0.4) is 0 Å². The first-order chi connectivity index (χ1) is 6.90. The molecule has 0 aliphatic carbocycles. The molecular weight excluding hydrogens is 192 g/mol. The van der Waals surface area contributed by atoms with Gasteiger partial charge in [0.15, 0.2) is 0 Å². The van der Waals surface area contributed by atoms with Crippen LogP contribution < -0.4 is 0 Å². The summed E-state index contributed by atoms with van der Waals surface area (Å²) in [5, 5.41) is 1.32. The number of aryl methyl sites for hydroxylation is 1. The molecule has 2 heteroatoms. The lowest BCUT2D eigenvalue weighted by Gasteiger charge is -1.90. The van der Waals surface area contributed by atoms with E-state index in [-0.39, 0.29) is 0 Å². The molecule has 0 bridgehead atoms. The van der Waals surface area contributed by atoms with Gasteiger partial charge in [-0.1, -0.05) is 18.2 Å². The van der Waals surface area contributed by atoms with Gasteiger partial charge in [0, 0.05) is 16.0 Å². The Kier molecular flexibility index (Phi) is 2.94. The third-order valence-corrected chi connectivity index (χ3v) is 3.40. The molecule has 0 aliphatic rings. The lowest BCUT2D eigenvalue weighted by Crippen LogP contribution is -1.80. The maximum absolute atomic E-state index is 10.2. The molecule has 1 aromatic carbocycles. The van der Waals surface area contributed by atoms with E-state index in [1.165, 1.54) is 15.0 Å². The van der Waals surface area contributed by atoms with Crippen LogP contribution in [0.2, 0.25) is 0 Å². The van der Waals surface area contributed by atoms with Gasteiger partial charge < -0.3 is 4.79 Å². The minimum absolute atomic E-state index is 0.675. The van der Waals surface area contributed by atoms with E-state index in [0.717, 1.165) is 19.1 Å². The number of thiophene rings is 1. The molecule has 0 saturated heterocycles. The van der Waals surface area contributed by atoms with E-state index >= 15 is 0 Å². The van der Waals surface area contributed by atoms with E-state index in [9.17, 15) is 4.79 Å². The number of hydrogen-bond acceptors (Lipinski definition) is 2. The first kappa shape index (κ1) is 9.41. The molecule has 0 atom stereocenters. The van der Waals surface area contributed by atoms with Gasteiger partial charge in [0.1, 0.15) is 6.29 Å². The summed E-state index contributed by atoms with van der Waals surface area (Å²) in [6.07, 6.45) is 3.66. The molecule has 14 heavy (non-hydrogen) atoms. The molecule has 0 unspecified atom stereocenters. The number of fused-ring (bicyclic) bond motifs is 1. The lowest BCUT2D eigenvalue weighted by atomic mass is 10.2. The Bertz CT molecular complexity index is 398. The fraction of sp³-hybridized carbons (Fsp3) is 0.250. The van der Waals surface area contributed by atoms with Gasteiger partial charge in [-0.2, -0.15) is 0 Å². The summed E-state index contributed by atoms with van der Waals surface area (Å²) < 4.78 is 1.34. The Balaban J connectivity index is 2.14. The van der Waals surface area contributed by atoms with Crippen molar-refractivity contribution in [3.63, 3.8) is 0 Å². The summed E-state index contributed by atoms with van der Waals surface area (Å²) in [6.45, 7) is 0. The van der Waals surface area contributed by atoms with Crippen LogP contribution in [0.4, 0.5) is 0 Å². The van der Waals surface area contributed by atoms with Crippen molar-refractivity contribution >= 4 is 27.7 Å². The molecule has 1 aromatic heterocycles. The van der Waals surface area contributed by atoms with Crippen LogP contribution >= 0.6 is 11.3 Å². The predicted octanol–water partition coefficient (Wildman–Crippen LogP) is 3.42. The van der Waals surface area contributed by atoms with Gasteiger partial charge in [0.25, 0.3) is 0 Å². The molecule has 1 nitrogen and oxygen atoms in total. The third kappa shape index (κ3) is 2.02. The average molecular weight is 204 g/mol. The van der Waals surface area contributed by atoms with Gasteiger partial charge in [-0.15, -0.1) is 11.3 Å². The van der Waals surface area contributed by atoms with E-state index in [1.54, 1.807) is 0 Å². The summed E-state index contributed by atoms with van der Waals surface area (Å²) in [5.74, 6) is 0. The fourth-order valence-electron chi connectivity index (χ4n) is 1.52. The third-order valence-electron chi connectivity index (χ3n) is 2.22. The standard InChI is InChI=1S/C12H12OS/c13-8-4-3-6-11-9-10-5-1-2-7-12(10)14-11/h1-2,5,7-9H,3-4,6H2. The molecule has 0 fully saturated rings. The monoisotopic (exact) mass is 204 g/mol. The Labute approximate surface area is 87.4 Å². The highest BCUT2D eigenvalue weighted by atomic mass is 32.1. The zero-order chi connectivity index (χ0) is 9.80. The molecule has 0 aliphatic heterocycles. The highest BCUT2D eigenvalue weighted by molar-refractivity contribution is 7.19. The summed E-state index contributed by atoms with van der Waals surface area (Å²) in [7, 11) is 0. The molecule has 0 N–H and O–H groups in total. The molecule has 2 aromatic rings. The van der Waals surface area contributed by atoms with Gasteiger partial charge >= 0.3 is 0 Å². The second kappa shape index (κ2) is 4.38. The zero-order valence-corrected chi connectivity index (χ0v) is 8.72. The Hall–Kier alpha value is -1.15. The number of rotatable bonds is 4. The minimum atomic E-state index is 0.675. The number of hydrogen-bond donors (Lipinski definition) is 0. The Morgan fingerprint density at radius 1 is 1.29 bits per heavy atom. The number of aldehydes is 1. The number of benzene rings is 1. The van der Waals surface area contributed by atoms with Crippen molar-refractivity contribution in [2.24, 2.45) is 0 Å². The first-order valence-corrected chi connectivity index (χ1v) is 5.63. The SMILES string of the molecule is O=CCCCc1cc2ccccc2s1. The second-order valence-electron chi connectivity index (χ2n) is 3.31. The van der Waals surface area contributed by atoms with E-state index in [4.69, 9.17) is 0 Å². The van der Waals surface area contributed by atoms with Gasteiger partial charge in [-0.05, 0) is 30.4 Å². The van der Waals surface area contributed by atoms with Crippen LogP contribution in [0, 0.1) is 0 Å². The minimum Gasteiger partial charge on any atom is -0.303 e. The maximum Gasteiger partial charge on any atom is 0.120 e. The van der Waals surface area contributed by atoms with Crippen LogP contribution in [-0.2, 0) is 11.2 Å². The molecule has 1 heterocycles. The van der Waals surface area contributed by atoms with Crippen LogP contribution in [0.25, 0.3) is 10.1 Å². The first-order valence-electron chi connectivity index (χ1n) is 4.81. The molecule has 0 radical (unpaired) electrons. The fourth-order valence-corrected chi connectivity index (χ4v) is 2.63. The average Bonchev–Trinajstić information content (AvgIpc) is 2.60. The van der Waals surface area contributed by atoms with Crippen molar-refractivity contribution in [2.75, 3.05) is 0 Å². The second-order valence-corrected chi connectivity index (χ2v) is 4.48. The molecule has 72 valence electrons. The summed E-state index contributed by atoms with van der Waals surface area (Å²) in [4.78, 5) is 11.6. The number of carbonyl (C=O) groups excluding carboxylic acids is 1. The van der Waals surface area contributed by atoms with Gasteiger partial charge in [0.2, 0.25) is 0 Å². The van der Waals surface area contributed by atoms with Crippen molar-refractivity contribution in [3.8, 4) is 0 Å². The molecule has 2 rings (SSSR count). The van der Waals surface area contributed by atoms with E-state index in [0.29, 0.717) is 6.42 Å². The largest absolute Gasteiger partial charge is 0.303 e. The van der Waals surface area contributed by atoms with Crippen LogP contribution in [-0.4, -0.2) is 6.29 Å². The lowest BCUT2D eigenvalue weighted by molar-refractivity contribution is -0.107. The zero-order valence-electron chi connectivity index (χ0n) is 7.90. The quantitative estimate of drug-likeness (QED) is 0.551. The Morgan fingerprint density at radius 2 is 2.14 bits per heavy atom. The van der Waals surface area contributed by atoms with Crippen molar-refractivity contribution in [2.45, 2.75) is 19.3 Å². The summed E-state index contributed by atoms with van der Waals surface area (Å²) in [6, 6.07) is 10.6. The van der Waals surface area contributed by atoms with Crippen molar-refractivity contribution in [3.05, 3.63) is 35.2 Å². The highest BCUT2D eigenvalue weighted by Gasteiger charge is 1.99.